The van der Waals surface area contributed by atoms with Crippen LogP contribution in [0, 0.1) is 0 Å². The van der Waals surface area contributed by atoms with Gasteiger partial charge in [0.1, 0.15) is 17.8 Å². The van der Waals surface area contributed by atoms with Crippen molar-refractivity contribution >= 4 is 36.4 Å². The molecule has 0 radical (unpaired) electrons. The Morgan fingerprint density at radius 1 is 0.826 bits per heavy atom. The topological polar surface area (TPSA) is 169 Å². The number of hydrogen-bond donors (Lipinski definition) is 4. The summed E-state index contributed by atoms with van der Waals surface area (Å²) in [4.78, 5) is 53.2. The number of guanidine groups is 1. The lowest BCUT2D eigenvalue weighted by atomic mass is 9.98. The van der Waals surface area contributed by atoms with Crippen LogP contribution in [0.1, 0.15) is 78.4 Å². The lowest BCUT2D eigenvalue weighted by Gasteiger charge is -2.22. The zero-order chi connectivity index (χ0) is 33.9. The number of benzene rings is 2. The molecule has 0 spiro atoms. The van der Waals surface area contributed by atoms with Crippen LogP contribution in [-0.2, 0) is 19.0 Å². The first-order valence-corrected chi connectivity index (χ1v) is 15.1. The number of rotatable bonds is 9. The molecule has 0 saturated heterocycles. The highest BCUT2D eigenvalue weighted by molar-refractivity contribution is 6.01. The Morgan fingerprint density at radius 2 is 1.35 bits per heavy atom. The number of carbonyl (C=O) groups excluding carboxylic acids is 4. The first kappa shape index (κ1) is 35.5. The summed E-state index contributed by atoms with van der Waals surface area (Å²) >= 11 is 0. The third-order valence-electron chi connectivity index (χ3n) is 6.31. The zero-order valence-electron chi connectivity index (χ0n) is 27.4. The van der Waals surface area contributed by atoms with Crippen molar-refractivity contribution in [2.45, 2.75) is 84.5 Å². The second-order valence-electron chi connectivity index (χ2n) is 12.6. The van der Waals surface area contributed by atoms with Gasteiger partial charge in [-0.15, -0.1) is 0 Å². The van der Waals surface area contributed by atoms with Gasteiger partial charge < -0.3 is 19.5 Å². The molecular formula is C33H44N6O7. The van der Waals surface area contributed by atoms with E-state index >= 15 is 0 Å². The van der Waals surface area contributed by atoms with E-state index in [1.54, 1.807) is 41.5 Å². The number of nitrogens with one attached hydrogen (secondary N) is 4. The van der Waals surface area contributed by atoms with Crippen LogP contribution in [0.3, 0.4) is 0 Å². The van der Waals surface area contributed by atoms with E-state index in [9.17, 15) is 19.2 Å². The number of nitrogens with zero attached hydrogens (tertiary/aromatic N) is 2. The number of carbonyl (C=O) groups is 4. The van der Waals surface area contributed by atoms with Crippen LogP contribution in [0.5, 0.6) is 0 Å². The second kappa shape index (κ2) is 15.9. The van der Waals surface area contributed by atoms with Gasteiger partial charge in [0.25, 0.3) is 0 Å². The van der Waals surface area contributed by atoms with Gasteiger partial charge in [-0.1, -0.05) is 48.5 Å². The minimum Gasteiger partial charge on any atom is -0.449 e. The van der Waals surface area contributed by atoms with Crippen molar-refractivity contribution in [3.63, 3.8) is 0 Å². The standard InChI is InChI=1S/C33H44N6O7/c1-21(40)39-35-19-22(13-12-18-34-28(37-30(42)45-32(2,3)4)38-31(43)46-33(5,6)7)36-29(41)44-20-27-25-16-10-8-14-23(25)24-15-9-11-17-26(24)27/h8-11,14-17,19,22,27H,12-13,18,20H2,1-7H3,(H,36,41)(H,39,40)(H2,34,37,38,42,43)/b35-19+/t22-/m0/s1. The highest BCUT2D eigenvalue weighted by Gasteiger charge is 2.29. The smallest absolute Gasteiger partial charge is 0.414 e. The van der Waals surface area contributed by atoms with Crippen LogP contribution in [0.15, 0.2) is 58.6 Å². The number of aliphatic imine (C=N–C) groups is 1. The molecule has 248 valence electrons. The summed E-state index contributed by atoms with van der Waals surface area (Å²) in [5.41, 5.74) is 5.21. The fraction of sp³-hybridized carbons (Fsp3) is 0.455. The third kappa shape index (κ3) is 11.9. The summed E-state index contributed by atoms with van der Waals surface area (Å²) in [5, 5.41) is 11.5. The Balaban J connectivity index is 1.63. The van der Waals surface area contributed by atoms with Crippen molar-refractivity contribution in [2.24, 2.45) is 10.1 Å². The Morgan fingerprint density at radius 3 is 1.85 bits per heavy atom. The van der Waals surface area contributed by atoms with Crippen molar-refractivity contribution in [2.75, 3.05) is 13.2 Å². The molecule has 0 aliphatic heterocycles. The Hall–Kier alpha value is -4.94. The summed E-state index contributed by atoms with van der Waals surface area (Å²) in [6.45, 7) is 11.8. The zero-order valence-corrected chi connectivity index (χ0v) is 27.4. The van der Waals surface area contributed by atoms with Gasteiger partial charge in [0.05, 0.1) is 6.04 Å². The molecule has 0 saturated carbocycles. The quantitative estimate of drug-likeness (QED) is 0.0964. The Bertz CT molecular complexity index is 1380. The molecule has 0 heterocycles. The molecule has 1 aliphatic rings. The molecule has 1 aliphatic carbocycles. The first-order valence-electron chi connectivity index (χ1n) is 15.1. The number of fused-ring (bicyclic) bond motifs is 3. The fourth-order valence-electron chi connectivity index (χ4n) is 4.61. The molecule has 4 amide bonds. The van der Waals surface area contributed by atoms with Gasteiger partial charge in [-0.2, -0.15) is 5.10 Å². The highest BCUT2D eigenvalue weighted by Crippen LogP contribution is 2.44. The molecule has 0 aromatic heterocycles. The number of ether oxygens (including phenoxy) is 3. The fourth-order valence-corrected chi connectivity index (χ4v) is 4.61. The average Bonchev–Trinajstić information content (AvgIpc) is 3.25. The summed E-state index contributed by atoms with van der Waals surface area (Å²) in [7, 11) is 0. The van der Waals surface area contributed by atoms with E-state index in [-0.39, 0.29) is 30.9 Å². The summed E-state index contributed by atoms with van der Waals surface area (Å²) < 4.78 is 16.2. The molecule has 46 heavy (non-hydrogen) atoms. The van der Waals surface area contributed by atoms with Crippen molar-refractivity contribution in [1.82, 2.24) is 21.4 Å². The minimum absolute atomic E-state index is 0.104. The maximum Gasteiger partial charge on any atom is 0.414 e. The molecular weight excluding hydrogens is 592 g/mol. The van der Waals surface area contributed by atoms with Gasteiger partial charge in [-0.05, 0) is 76.6 Å². The Kier molecular flexibility index (Phi) is 12.3. The van der Waals surface area contributed by atoms with Gasteiger partial charge in [0.15, 0.2) is 0 Å². The van der Waals surface area contributed by atoms with Crippen molar-refractivity contribution in [3.8, 4) is 11.1 Å². The second-order valence-corrected chi connectivity index (χ2v) is 12.6. The first-order chi connectivity index (χ1) is 21.6. The van der Waals surface area contributed by atoms with E-state index in [4.69, 9.17) is 14.2 Å². The molecule has 2 aromatic carbocycles. The predicted molar refractivity (Wildman–Crippen MR) is 175 cm³/mol. The molecule has 0 fully saturated rings. The molecule has 1 atom stereocenters. The van der Waals surface area contributed by atoms with Crippen molar-refractivity contribution in [3.05, 3.63) is 59.7 Å². The van der Waals surface area contributed by atoms with E-state index in [0.29, 0.717) is 12.8 Å². The van der Waals surface area contributed by atoms with Crippen LogP contribution in [0.2, 0.25) is 0 Å². The SMILES string of the molecule is CC(=O)N/N=C/[C@H](CCCN=C(NC(=O)OC(C)(C)C)NC(=O)OC(C)(C)C)NC(=O)OCC1c2ccccc2-c2ccccc21. The van der Waals surface area contributed by atoms with Crippen molar-refractivity contribution < 1.29 is 33.4 Å². The molecule has 13 nitrogen and oxygen atoms in total. The lowest BCUT2D eigenvalue weighted by Crippen LogP contribution is -2.47. The van der Waals surface area contributed by atoms with E-state index < -0.39 is 35.5 Å². The van der Waals surface area contributed by atoms with E-state index in [2.05, 4.69) is 43.6 Å². The van der Waals surface area contributed by atoms with E-state index in [1.807, 2.05) is 36.4 Å². The molecule has 2 aromatic rings. The van der Waals surface area contributed by atoms with Gasteiger partial charge in [0, 0.05) is 25.6 Å². The number of alkyl carbamates (subject to hydrolysis) is 3. The number of hydrazone groups is 1. The molecule has 3 rings (SSSR count). The minimum atomic E-state index is -0.806. The molecule has 13 heteroatoms. The monoisotopic (exact) mass is 636 g/mol. The largest absolute Gasteiger partial charge is 0.449 e. The van der Waals surface area contributed by atoms with Gasteiger partial charge >= 0.3 is 18.3 Å². The summed E-state index contributed by atoms with van der Waals surface area (Å²) in [5.74, 6) is -0.629. The van der Waals surface area contributed by atoms with Gasteiger partial charge in [-0.3, -0.25) is 20.4 Å². The molecule has 0 unspecified atom stereocenters. The highest BCUT2D eigenvalue weighted by atomic mass is 16.6. The summed E-state index contributed by atoms with van der Waals surface area (Å²) in [6, 6.07) is 15.5. The van der Waals surface area contributed by atoms with Crippen LogP contribution in [0.25, 0.3) is 11.1 Å². The lowest BCUT2D eigenvalue weighted by molar-refractivity contribution is -0.118. The van der Waals surface area contributed by atoms with Gasteiger partial charge in [-0.25, -0.2) is 19.8 Å². The molecule has 4 N–H and O–H groups in total. The number of amides is 4. The van der Waals surface area contributed by atoms with Gasteiger partial charge in [0.2, 0.25) is 11.9 Å². The van der Waals surface area contributed by atoms with Crippen LogP contribution in [-0.4, -0.2) is 66.8 Å². The maximum atomic E-state index is 12.9. The van der Waals surface area contributed by atoms with Crippen LogP contribution in [0.4, 0.5) is 14.4 Å². The maximum absolute atomic E-state index is 12.9. The number of hydrogen-bond acceptors (Lipinski definition) is 9. The Labute approximate surface area is 269 Å². The van der Waals surface area contributed by atoms with E-state index in [1.165, 1.54) is 13.1 Å². The summed E-state index contributed by atoms with van der Waals surface area (Å²) in [6.07, 6.45) is -0.146. The average molecular weight is 637 g/mol. The van der Waals surface area contributed by atoms with E-state index in [0.717, 1.165) is 22.3 Å². The third-order valence-corrected chi connectivity index (χ3v) is 6.31. The van der Waals surface area contributed by atoms with Crippen LogP contribution < -0.4 is 21.4 Å². The normalized spacial score (nSPS) is 13.1. The molecule has 0 bridgehead atoms. The van der Waals surface area contributed by atoms with Crippen molar-refractivity contribution in [1.29, 1.82) is 0 Å². The van der Waals surface area contributed by atoms with Crippen LogP contribution >= 0.6 is 0 Å². The predicted octanol–water partition coefficient (Wildman–Crippen LogP) is 5.20.